The first kappa shape index (κ1) is 24.8. The predicted molar refractivity (Wildman–Crippen MR) is 138 cm³/mol. The fourth-order valence-electron chi connectivity index (χ4n) is 4.38. The van der Waals surface area contributed by atoms with E-state index in [1.165, 1.54) is 15.6 Å². The molecule has 182 valence electrons. The summed E-state index contributed by atoms with van der Waals surface area (Å²) in [5.41, 5.74) is 4.11. The lowest BCUT2D eigenvalue weighted by Gasteiger charge is -2.29. The molecule has 1 aromatic heterocycles. The monoisotopic (exact) mass is 500 g/mol. The fourth-order valence-corrected chi connectivity index (χ4v) is 7.08. The third-order valence-corrected chi connectivity index (χ3v) is 9.34. The van der Waals surface area contributed by atoms with Crippen molar-refractivity contribution in [3.8, 4) is 0 Å². The molecular formula is C25H32N4O3S2. The van der Waals surface area contributed by atoms with Crippen LogP contribution in [0.5, 0.6) is 0 Å². The standard InChI is InChI=1S/C25H32N4O3S2/c1-17-8-10-20(11-9-17)34(31,32)29-12-6-7-22(29)24(30)28(14-13-27(4)5)25-26-21-16-18(2)15-19(3)23(21)33-25/h8-11,15-16,22H,6-7,12-14H2,1-5H3. The van der Waals surface area contributed by atoms with Crippen molar-refractivity contribution in [2.75, 3.05) is 38.6 Å². The molecule has 0 aliphatic carbocycles. The molecule has 9 heteroatoms. The number of fused-ring (bicyclic) bond motifs is 1. The van der Waals surface area contributed by atoms with Gasteiger partial charge in [0, 0.05) is 19.6 Å². The lowest BCUT2D eigenvalue weighted by molar-refractivity contribution is -0.121. The van der Waals surface area contributed by atoms with Crippen LogP contribution < -0.4 is 4.90 Å². The maximum Gasteiger partial charge on any atom is 0.247 e. The number of amides is 1. The SMILES string of the molecule is Cc1ccc(S(=O)(=O)N2CCCC2C(=O)N(CCN(C)C)c2nc3cc(C)cc(C)c3s2)cc1. The molecule has 0 spiro atoms. The fraction of sp³-hybridized carbons (Fsp3) is 0.440. The van der Waals surface area contributed by atoms with Gasteiger partial charge < -0.3 is 4.90 Å². The van der Waals surface area contributed by atoms with Gasteiger partial charge in [-0.15, -0.1) is 0 Å². The summed E-state index contributed by atoms with van der Waals surface area (Å²) in [6.45, 7) is 7.44. The average Bonchev–Trinajstić information content (AvgIpc) is 3.42. The normalized spacial score (nSPS) is 17.1. The second-order valence-corrected chi connectivity index (χ2v) is 12.2. The van der Waals surface area contributed by atoms with Gasteiger partial charge in [-0.05, 0) is 77.0 Å². The molecule has 1 unspecified atom stereocenters. The first-order valence-corrected chi connectivity index (χ1v) is 13.8. The van der Waals surface area contributed by atoms with Gasteiger partial charge in [-0.2, -0.15) is 4.31 Å². The quantitative estimate of drug-likeness (QED) is 0.491. The van der Waals surface area contributed by atoms with Crippen molar-refractivity contribution in [1.29, 1.82) is 0 Å². The van der Waals surface area contributed by atoms with E-state index in [9.17, 15) is 13.2 Å². The van der Waals surface area contributed by atoms with E-state index in [4.69, 9.17) is 4.98 Å². The summed E-state index contributed by atoms with van der Waals surface area (Å²) in [7, 11) is 0.138. The van der Waals surface area contributed by atoms with Crippen LogP contribution in [-0.2, 0) is 14.8 Å². The Labute approximate surface area is 206 Å². The minimum atomic E-state index is -3.78. The van der Waals surface area contributed by atoms with E-state index in [1.807, 2.05) is 38.9 Å². The molecule has 1 aliphatic heterocycles. The molecule has 2 aromatic carbocycles. The summed E-state index contributed by atoms with van der Waals surface area (Å²) in [5, 5.41) is 0.620. The van der Waals surface area contributed by atoms with Crippen LogP contribution in [0, 0.1) is 20.8 Å². The summed E-state index contributed by atoms with van der Waals surface area (Å²) in [6, 6.07) is 10.2. The first-order chi connectivity index (χ1) is 16.1. The van der Waals surface area contributed by atoms with Crippen LogP contribution >= 0.6 is 11.3 Å². The van der Waals surface area contributed by atoms with Crippen molar-refractivity contribution in [2.45, 2.75) is 44.6 Å². The predicted octanol–water partition coefficient (Wildman–Crippen LogP) is 3.97. The number of aryl methyl sites for hydroxylation is 3. The van der Waals surface area contributed by atoms with E-state index >= 15 is 0 Å². The number of thiazole rings is 1. The smallest absolute Gasteiger partial charge is 0.247 e. The van der Waals surface area contributed by atoms with Gasteiger partial charge in [0.2, 0.25) is 15.9 Å². The van der Waals surface area contributed by atoms with Gasteiger partial charge in [-0.25, -0.2) is 13.4 Å². The number of carbonyl (C=O) groups excluding carboxylic acids is 1. The Morgan fingerprint density at radius 2 is 1.79 bits per heavy atom. The van der Waals surface area contributed by atoms with Gasteiger partial charge in [0.25, 0.3) is 0 Å². The zero-order valence-electron chi connectivity index (χ0n) is 20.4. The molecule has 0 N–H and O–H groups in total. The van der Waals surface area contributed by atoms with E-state index in [-0.39, 0.29) is 10.8 Å². The van der Waals surface area contributed by atoms with Crippen LogP contribution in [0.15, 0.2) is 41.3 Å². The topological polar surface area (TPSA) is 73.8 Å². The number of benzene rings is 2. The Morgan fingerprint density at radius 1 is 1.09 bits per heavy atom. The number of nitrogens with zero attached hydrogens (tertiary/aromatic N) is 4. The van der Waals surface area contributed by atoms with Gasteiger partial charge in [-0.3, -0.25) is 9.69 Å². The molecule has 1 aliphatic rings. The van der Waals surface area contributed by atoms with Gasteiger partial charge in [-0.1, -0.05) is 35.1 Å². The largest absolute Gasteiger partial charge is 0.308 e. The number of carbonyl (C=O) groups is 1. The van der Waals surface area contributed by atoms with Gasteiger partial charge in [0.1, 0.15) is 6.04 Å². The zero-order valence-corrected chi connectivity index (χ0v) is 22.0. The van der Waals surface area contributed by atoms with Crippen LogP contribution in [0.25, 0.3) is 10.2 Å². The Morgan fingerprint density at radius 3 is 2.47 bits per heavy atom. The Bertz CT molecular complexity index is 1300. The molecule has 2 heterocycles. The number of aromatic nitrogens is 1. The maximum absolute atomic E-state index is 13.9. The number of hydrogen-bond donors (Lipinski definition) is 0. The van der Waals surface area contributed by atoms with E-state index in [1.54, 1.807) is 29.2 Å². The third-order valence-electron chi connectivity index (χ3n) is 6.19. The van der Waals surface area contributed by atoms with Crippen molar-refractivity contribution in [3.63, 3.8) is 0 Å². The van der Waals surface area contributed by atoms with Crippen molar-refractivity contribution in [3.05, 3.63) is 53.1 Å². The summed E-state index contributed by atoms with van der Waals surface area (Å²) in [4.78, 5) is 22.6. The highest BCUT2D eigenvalue weighted by molar-refractivity contribution is 7.89. The molecule has 0 bridgehead atoms. The third kappa shape index (κ3) is 4.88. The van der Waals surface area contributed by atoms with Crippen molar-refractivity contribution in [1.82, 2.24) is 14.2 Å². The maximum atomic E-state index is 13.9. The van der Waals surface area contributed by atoms with Crippen molar-refractivity contribution in [2.24, 2.45) is 0 Å². The highest BCUT2D eigenvalue weighted by Gasteiger charge is 2.42. The zero-order chi connectivity index (χ0) is 24.6. The van der Waals surface area contributed by atoms with E-state index in [0.717, 1.165) is 26.9 Å². The van der Waals surface area contributed by atoms with E-state index in [2.05, 4.69) is 13.0 Å². The van der Waals surface area contributed by atoms with Crippen LogP contribution in [0.2, 0.25) is 0 Å². The molecule has 1 atom stereocenters. The first-order valence-electron chi connectivity index (χ1n) is 11.5. The lowest BCUT2D eigenvalue weighted by atomic mass is 10.1. The lowest BCUT2D eigenvalue weighted by Crippen LogP contribution is -2.49. The molecule has 7 nitrogen and oxygen atoms in total. The number of anilines is 1. The summed E-state index contributed by atoms with van der Waals surface area (Å²) in [6.07, 6.45) is 1.16. The molecule has 4 rings (SSSR count). The summed E-state index contributed by atoms with van der Waals surface area (Å²) < 4.78 is 29.3. The summed E-state index contributed by atoms with van der Waals surface area (Å²) >= 11 is 1.49. The molecule has 34 heavy (non-hydrogen) atoms. The van der Waals surface area contributed by atoms with Crippen molar-refractivity contribution < 1.29 is 13.2 Å². The van der Waals surface area contributed by atoms with Gasteiger partial charge >= 0.3 is 0 Å². The van der Waals surface area contributed by atoms with Gasteiger partial charge in [0.15, 0.2) is 5.13 Å². The molecule has 1 amide bonds. The van der Waals surface area contributed by atoms with Crippen LogP contribution in [0.4, 0.5) is 5.13 Å². The average molecular weight is 501 g/mol. The Hall–Kier alpha value is -2.33. The summed E-state index contributed by atoms with van der Waals surface area (Å²) in [5.74, 6) is -0.205. The molecular weight excluding hydrogens is 468 g/mol. The highest BCUT2D eigenvalue weighted by Crippen LogP contribution is 2.34. The molecule has 1 saturated heterocycles. The van der Waals surface area contributed by atoms with Crippen LogP contribution in [0.1, 0.15) is 29.5 Å². The molecule has 0 radical (unpaired) electrons. The Balaban J connectivity index is 1.70. The second kappa shape index (κ2) is 9.73. The molecule has 0 saturated carbocycles. The molecule has 3 aromatic rings. The van der Waals surface area contributed by atoms with E-state index < -0.39 is 16.1 Å². The number of hydrogen-bond acceptors (Lipinski definition) is 6. The number of likely N-dealkylation sites (N-methyl/N-ethyl adjacent to an activating group) is 1. The number of sulfonamides is 1. The van der Waals surface area contributed by atoms with Gasteiger partial charge in [0.05, 0.1) is 15.1 Å². The van der Waals surface area contributed by atoms with E-state index in [0.29, 0.717) is 37.6 Å². The molecule has 1 fully saturated rings. The minimum absolute atomic E-state index is 0.205. The van der Waals surface area contributed by atoms with Crippen LogP contribution in [-0.4, -0.2) is 68.3 Å². The van der Waals surface area contributed by atoms with Crippen LogP contribution in [0.3, 0.4) is 0 Å². The van der Waals surface area contributed by atoms with Crippen molar-refractivity contribution >= 4 is 42.6 Å². The second-order valence-electron chi connectivity index (χ2n) is 9.31. The Kier molecular flexibility index (Phi) is 7.09. The highest BCUT2D eigenvalue weighted by atomic mass is 32.2. The minimum Gasteiger partial charge on any atom is -0.308 e. The number of rotatable bonds is 7.